The first-order chi connectivity index (χ1) is 10.6. The van der Waals surface area contributed by atoms with E-state index in [9.17, 15) is 4.79 Å². The van der Waals surface area contributed by atoms with Gasteiger partial charge in [0.05, 0.1) is 14.2 Å². The third-order valence-electron chi connectivity index (χ3n) is 4.86. The minimum atomic E-state index is 0.150. The van der Waals surface area contributed by atoms with Gasteiger partial charge in [-0.2, -0.15) is 0 Å². The lowest BCUT2D eigenvalue weighted by Gasteiger charge is -2.25. The fraction of sp³-hybridized carbons (Fsp3) is 0.500. The Kier molecular flexibility index (Phi) is 4.10. The number of allylic oxidation sites excluding steroid dienone is 2. The van der Waals surface area contributed by atoms with Gasteiger partial charge in [-0.1, -0.05) is 24.3 Å². The molecule has 0 heterocycles. The van der Waals surface area contributed by atoms with Crippen molar-refractivity contribution in [2.24, 2.45) is 17.8 Å². The predicted molar refractivity (Wildman–Crippen MR) is 84.9 cm³/mol. The van der Waals surface area contributed by atoms with E-state index in [4.69, 9.17) is 9.47 Å². The maximum absolute atomic E-state index is 12.7. The zero-order chi connectivity index (χ0) is 15.7. The summed E-state index contributed by atoms with van der Waals surface area (Å²) in [6, 6.07) is 5.77. The van der Waals surface area contributed by atoms with Crippen molar-refractivity contribution in [2.45, 2.75) is 19.4 Å². The van der Waals surface area contributed by atoms with Crippen molar-refractivity contribution in [1.82, 2.24) is 4.90 Å². The number of carbonyl (C=O) groups excluding carboxylic acids is 1. The quantitative estimate of drug-likeness (QED) is 0.785. The first-order valence-electron chi connectivity index (χ1n) is 7.77. The molecule has 3 rings (SSSR count). The van der Waals surface area contributed by atoms with Gasteiger partial charge >= 0.3 is 0 Å². The van der Waals surface area contributed by atoms with E-state index in [1.165, 1.54) is 0 Å². The molecule has 118 valence electrons. The summed E-state index contributed by atoms with van der Waals surface area (Å²) in [7, 11) is 5.12. The molecule has 1 aromatic carbocycles. The molecule has 2 aliphatic carbocycles. The van der Waals surface area contributed by atoms with Crippen molar-refractivity contribution in [3.63, 3.8) is 0 Å². The highest BCUT2D eigenvalue weighted by molar-refractivity contribution is 5.80. The van der Waals surface area contributed by atoms with Crippen LogP contribution in [0, 0.1) is 17.8 Å². The molecule has 1 fully saturated rings. The lowest BCUT2D eigenvalue weighted by atomic mass is 9.92. The van der Waals surface area contributed by atoms with Crippen molar-refractivity contribution in [3.8, 4) is 11.5 Å². The number of hydrogen-bond donors (Lipinski definition) is 0. The van der Waals surface area contributed by atoms with Crippen molar-refractivity contribution in [2.75, 3.05) is 21.3 Å². The highest BCUT2D eigenvalue weighted by atomic mass is 16.5. The molecule has 2 bridgehead atoms. The van der Waals surface area contributed by atoms with E-state index in [0.717, 1.165) is 18.4 Å². The summed E-state index contributed by atoms with van der Waals surface area (Å²) < 4.78 is 10.8. The van der Waals surface area contributed by atoms with Crippen LogP contribution in [0.2, 0.25) is 0 Å². The number of para-hydroxylation sites is 1. The largest absolute Gasteiger partial charge is 0.493 e. The van der Waals surface area contributed by atoms with Crippen LogP contribution in [0.15, 0.2) is 30.4 Å². The molecular weight excluding hydrogens is 278 g/mol. The smallest absolute Gasteiger partial charge is 0.226 e. The summed E-state index contributed by atoms with van der Waals surface area (Å²) in [5.74, 6) is 2.84. The molecule has 0 aliphatic heterocycles. The summed E-state index contributed by atoms with van der Waals surface area (Å²) in [6.07, 6.45) is 6.63. The highest BCUT2D eigenvalue weighted by Crippen LogP contribution is 2.44. The van der Waals surface area contributed by atoms with E-state index in [0.29, 0.717) is 29.9 Å². The minimum Gasteiger partial charge on any atom is -0.493 e. The lowest BCUT2D eigenvalue weighted by molar-refractivity contribution is -0.135. The summed E-state index contributed by atoms with van der Waals surface area (Å²) in [5.41, 5.74) is 0.969. The molecular formula is C18H23NO3. The molecule has 0 radical (unpaired) electrons. The molecule has 1 amide bonds. The second kappa shape index (κ2) is 6.03. The lowest BCUT2D eigenvalue weighted by Crippen LogP contribution is -2.34. The summed E-state index contributed by atoms with van der Waals surface area (Å²) >= 11 is 0. The minimum absolute atomic E-state index is 0.150. The van der Waals surface area contributed by atoms with Crippen molar-refractivity contribution < 1.29 is 14.3 Å². The van der Waals surface area contributed by atoms with Gasteiger partial charge in [0.25, 0.3) is 0 Å². The van der Waals surface area contributed by atoms with Gasteiger partial charge in [-0.05, 0) is 30.7 Å². The van der Waals surface area contributed by atoms with Crippen molar-refractivity contribution in [1.29, 1.82) is 0 Å². The monoisotopic (exact) mass is 301 g/mol. The molecule has 0 unspecified atom stereocenters. The van der Waals surface area contributed by atoms with E-state index in [-0.39, 0.29) is 11.8 Å². The van der Waals surface area contributed by atoms with Crippen LogP contribution in [0.25, 0.3) is 0 Å². The van der Waals surface area contributed by atoms with E-state index in [2.05, 4.69) is 12.2 Å². The number of hydrogen-bond acceptors (Lipinski definition) is 3. The number of amides is 1. The molecule has 22 heavy (non-hydrogen) atoms. The standard InChI is InChI=1S/C18H23NO3/c1-19(18(20)15-10-12-7-8-13(15)9-12)11-14-5-4-6-16(21-2)17(14)22-3/h4-8,12-13,15H,9-11H2,1-3H3/t12-,13+,15+/m1/s1. The second-order valence-electron chi connectivity index (χ2n) is 6.23. The fourth-order valence-corrected chi connectivity index (χ4v) is 3.76. The summed E-state index contributed by atoms with van der Waals surface area (Å²) in [5, 5.41) is 0. The van der Waals surface area contributed by atoms with Gasteiger partial charge in [0.2, 0.25) is 5.91 Å². The second-order valence-corrected chi connectivity index (χ2v) is 6.23. The van der Waals surface area contributed by atoms with E-state index in [1.807, 2.05) is 30.1 Å². The van der Waals surface area contributed by atoms with Crippen LogP contribution in [-0.2, 0) is 11.3 Å². The van der Waals surface area contributed by atoms with Crippen LogP contribution < -0.4 is 9.47 Å². The van der Waals surface area contributed by atoms with Crippen LogP contribution >= 0.6 is 0 Å². The van der Waals surface area contributed by atoms with Gasteiger partial charge in [-0.15, -0.1) is 0 Å². The average molecular weight is 301 g/mol. The molecule has 4 heteroatoms. The Balaban J connectivity index is 1.73. The number of carbonyl (C=O) groups is 1. The molecule has 3 atom stereocenters. The zero-order valence-corrected chi connectivity index (χ0v) is 13.4. The molecule has 1 aromatic rings. The Morgan fingerprint density at radius 2 is 2.05 bits per heavy atom. The SMILES string of the molecule is COc1cccc(CN(C)C(=O)[C@H]2C[C@@H]3C=C[C@H]2C3)c1OC. The first-order valence-corrected chi connectivity index (χ1v) is 7.77. The zero-order valence-electron chi connectivity index (χ0n) is 13.4. The maximum atomic E-state index is 12.7. The Morgan fingerprint density at radius 3 is 2.64 bits per heavy atom. The van der Waals surface area contributed by atoms with Crippen LogP contribution in [0.1, 0.15) is 18.4 Å². The molecule has 1 saturated carbocycles. The van der Waals surface area contributed by atoms with Crippen LogP contribution in [0.4, 0.5) is 0 Å². The Bertz CT molecular complexity index is 596. The van der Waals surface area contributed by atoms with Crippen LogP contribution in [-0.4, -0.2) is 32.1 Å². The van der Waals surface area contributed by atoms with Gasteiger partial charge in [-0.25, -0.2) is 0 Å². The molecule has 2 aliphatic rings. The number of methoxy groups -OCH3 is 2. The number of fused-ring (bicyclic) bond motifs is 2. The number of nitrogens with zero attached hydrogens (tertiary/aromatic N) is 1. The van der Waals surface area contributed by atoms with E-state index >= 15 is 0 Å². The normalized spacial score (nSPS) is 25.3. The number of rotatable bonds is 5. The van der Waals surface area contributed by atoms with E-state index < -0.39 is 0 Å². The predicted octanol–water partition coefficient (Wildman–Crippen LogP) is 2.87. The van der Waals surface area contributed by atoms with Crippen molar-refractivity contribution in [3.05, 3.63) is 35.9 Å². The van der Waals surface area contributed by atoms with Crippen molar-refractivity contribution >= 4 is 5.91 Å². The molecule has 0 aromatic heterocycles. The van der Waals surface area contributed by atoms with Crippen LogP contribution in [0.3, 0.4) is 0 Å². The summed E-state index contributed by atoms with van der Waals surface area (Å²) in [6.45, 7) is 0.538. The number of benzene rings is 1. The highest BCUT2D eigenvalue weighted by Gasteiger charge is 2.40. The third kappa shape index (κ3) is 2.58. The van der Waals surface area contributed by atoms with Gasteiger partial charge in [-0.3, -0.25) is 4.79 Å². The Morgan fingerprint density at radius 1 is 1.23 bits per heavy atom. The van der Waals surface area contributed by atoms with Crippen LogP contribution in [0.5, 0.6) is 11.5 Å². The molecule has 0 saturated heterocycles. The Labute approximate surface area is 131 Å². The fourth-order valence-electron chi connectivity index (χ4n) is 3.76. The molecule has 0 spiro atoms. The van der Waals surface area contributed by atoms with Gasteiger partial charge in [0.1, 0.15) is 0 Å². The topological polar surface area (TPSA) is 38.8 Å². The molecule has 4 nitrogen and oxygen atoms in total. The first kappa shape index (κ1) is 14.9. The van der Waals surface area contributed by atoms with E-state index in [1.54, 1.807) is 14.2 Å². The Hall–Kier alpha value is -1.97. The van der Waals surface area contributed by atoms with Gasteiger partial charge in [0, 0.05) is 25.1 Å². The molecule has 0 N–H and O–H groups in total. The number of ether oxygens (including phenoxy) is 2. The van der Waals surface area contributed by atoms with Gasteiger partial charge in [0.15, 0.2) is 11.5 Å². The average Bonchev–Trinajstić information content (AvgIpc) is 3.16. The van der Waals surface area contributed by atoms with Gasteiger partial charge < -0.3 is 14.4 Å². The third-order valence-corrected chi connectivity index (χ3v) is 4.86. The maximum Gasteiger partial charge on any atom is 0.226 e. The summed E-state index contributed by atoms with van der Waals surface area (Å²) in [4.78, 5) is 14.5.